The minimum absolute atomic E-state index is 0.0982. The van der Waals surface area contributed by atoms with Crippen LogP contribution >= 0.6 is 23.2 Å². The SMILES string of the molecule is O=C1CC(NC2CCN(c3ncc(Cl)cc3Cl)CC2)C(=O)N1c1ccc(F)cc1. The van der Waals surface area contributed by atoms with E-state index >= 15 is 0 Å². The van der Waals surface area contributed by atoms with Gasteiger partial charge in [0.1, 0.15) is 11.6 Å². The lowest BCUT2D eigenvalue weighted by atomic mass is 10.0. The van der Waals surface area contributed by atoms with Crippen molar-refractivity contribution in [2.75, 3.05) is 22.9 Å². The summed E-state index contributed by atoms with van der Waals surface area (Å²) in [5.74, 6) is -0.297. The second kappa shape index (κ2) is 8.26. The maximum atomic E-state index is 13.1. The number of carbonyl (C=O) groups is 2. The number of hydrogen-bond acceptors (Lipinski definition) is 5. The van der Waals surface area contributed by atoms with E-state index in [1.165, 1.54) is 24.3 Å². The Bertz CT molecular complexity index is 933. The summed E-state index contributed by atoms with van der Waals surface area (Å²) in [5, 5.41) is 4.32. The van der Waals surface area contributed by atoms with Crippen molar-refractivity contribution in [1.29, 1.82) is 0 Å². The maximum absolute atomic E-state index is 13.1. The number of halogens is 3. The minimum Gasteiger partial charge on any atom is -0.355 e. The van der Waals surface area contributed by atoms with Gasteiger partial charge in [0, 0.05) is 25.3 Å². The van der Waals surface area contributed by atoms with Crippen LogP contribution in [0.15, 0.2) is 36.5 Å². The van der Waals surface area contributed by atoms with E-state index in [0.717, 1.165) is 30.8 Å². The van der Waals surface area contributed by atoms with Crippen LogP contribution in [0.2, 0.25) is 10.0 Å². The molecule has 2 fully saturated rings. The predicted molar refractivity (Wildman–Crippen MR) is 110 cm³/mol. The van der Waals surface area contributed by atoms with Gasteiger partial charge in [0.25, 0.3) is 5.91 Å². The van der Waals surface area contributed by atoms with Gasteiger partial charge in [-0.1, -0.05) is 23.2 Å². The molecule has 0 spiro atoms. The van der Waals surface area contributed by atoms with Crippen LogP contribution in [-0.2, 0) is 9.59 Å². The molecule has 2 aromatic rings. The molecule has 2 amide bonds. The lowest BCUT2D eigenvalue weighted by molar-refractivity contribution is -0.121. The summed E-state index contributed by atoms with van der Waals surface area (Å²) < 4.78 is 13.1. The van der Waals surface area contributed by atoms with Crippen molar-refractivity contribution in [3.63, 3.8) is 0 Å². The highest BCUT2D eigenvalue weighted by Gasteiger charge is 2.40. The van der Waals surface area contributed by atoms with Crippen molar-refractivity contribution in [2.45, 2.75) is 31.3 Å². The number of nitrogens with zero attached hydrogens (tertiary/aromatic N) is 3. The van der Waals surface area contributed by atoms with Crippen molar-refractivity contribution in [3.8, 4) is 0 Å². The first-order valence-electron chi connectivity index (χ1n) is 9.37. The number of carbonyl (C=O) groups excluding carboxylic acids is 2. The number of piperidine rings is 1. The molecule has 1 N–H and O–H groups in total. The fourth-order valence-corrected chi connectivity index (χ4v) is 4.31. The number of imide groups is 1. The summed E-state index contributed by atoms with van der Waals surface area (Å²) in [6.45, 7) is 1.45. The van der Waals surface area contributed by atoms with E-state index in [-0.39, 0.29) is 24.3 Å². The van der Waals surface area contributed by atoms with Gasteiger partial charge >= 0.3 is 0 Å². The Hall–Kier alpha value is -2.22. The van der Waals surface area contributed by atoms with Crippen molar-refractivity contribution in [2.24, 2.45) is 0 Å². The van der Waals surface area contributed by atoms with Gasteiger partial charge in [0.2, 0.25) is 5.91 Å². The number of aromatic nitrogens is 1. The van der Waals surface area contributed by atoms with Crippen LogP contribution in [0.3, 0.4) is 0 Å². The summed E-state index contributed by atoms with van der Waals surface area (Å²) >= 11 is 12.1. The van der Waals surface area contributed by atoms with E-state index in [1.807, 2.05) is 0 Å². The molecule has 2 saturated heterocycles. The average molecular weight is 437 g/mol. The molecule has 29 heavy (non-hydrogen) atoms. The second-order valence-electron chi connectivity index (χ2n) is 7.19. The summed E-state index contributed by atoms with van der Waals surface area (Å²) in [7, 11) is 0. The van der Waals surface area contributed by atoms with Crippen molar-refractivity contribution in [1.82, 2.24) is 10.3 Å². The quantitative estimate of drug-likeness (QED) is 0.743. The third-order valence-electron chi connectivity index (χ3n) is 5.25. The van der Waals surface area contributed by atoms with Gasteiger partial charge in [-0.3, -0.25) is 9.59 Å². The fraction of sp³-hybridized carbons (Fsp3) is 0.350. The largest absolute Gasteiger partial charge is 0.355 e. The first kappa shape index (κ1) is 20.1. The van der Waals surface area contributed by atoms with E-state index in [4.69, 9.17) is 23.2 Å². The van der Waals surface area contributed by atoms with Gasteiger partial charge in [-0.25, -0.2) is 14.3 Å². The van der Waals surface area contributed by atoms with Gasteiger partial charge in [-0.15, -0.1) is 0 Å². The Morgan fingerprint density at radius 3 is 2.45 bits per heavy atom. The standard InChI is InChI=1S/C20H19Cl2FN4O2/c21-12-9-16(22)19(24-11-12)26-7-5-14(6-8-26)25-17-10-18(28)27(20(17)29)15-3-1-13(23)2-4-15/h1-4,9,11,14,17,25H,5-8,10H2. The number of amides is 2. The molecule has 6 nitrogen and oxygen atoms in total. The highest BCUT2D eigenvalue weighted by Crippen LogP contribution is 2.29. The molecule has 3 heterocycles. The number of rotatable bonds is 4. The van der Waals surface area contributed by atoms with E-state index in [0.29, 0.717) is 21.6 Å². The lowest BCUT2D eigenvalue weighted by Crippen LogP contribution is -2.49. The van der Waals surface area contributed by atoms with E-state index < -0.39 is 11.9 Å². The highest BCUT2D eigenvalue weighted by atomic mass is 35.5. The number of nitrogens with one attached hydrogen (secondary N) is 1. The van der Waals surface area contributed by atoms with E-state index in [1.54, 1.807) is 12.3 Å². The van der Waals surface area contributed by atoms with Gasteiger partial charge in [0.15, 0.2) is 0 Å². The van der Waals surface area contributed by atoms with Crippen LogP contribution in [0.4, 0.5) is 15.9 Å². The molecular weight excluding hydrogens is 418 g/mol. The maximum Gasteiger partial charge on any atom is 0.251 e. The van der Waals surface area contributed by atoms with Crippen LogP contribution in [0.25, 0.3) is 0 Å². The third-order valence-corrected chi connectivity index (χ3v) is 5.74. The van der Waals surface area contributed by atoms with Crippen LogP contribution in [-0.4, -0.2) is 42.0 Å². The van der Waals surface area contributed by atoms with Crippen LogP contribution in [0.5, 0.6) is 0 Å². The zero-order valence-electron chi connectivity index (χ0n) is 15.4. The first-order valence-corrected chi connectivity index (χ1v) is 10.1. The zero-order chi connectivity index (χ0) is 20.5. The van der Waals surface area contributed by atoms with E-state index in [2.05, 4.69) is 15.2 Å². The molecule has 2 aliphatic heterocycles. The predicted octanol–water partition coefficient (Wildman–Crippen LogP) is 3.42. The van der Waals surface area contributed by atoms with Gasteiger partial charge in [-0.2, -0.15) is 0 Å². The average Bonchev–Trinajstić information content (AvgIpc) is 2.97. The molecule has 4 rings (SSSR count). The Kier molecular flexibility index (Phi) is 5.72. The lowest BCUT2D eigenvalue weighted by Gasteiger charge is -2.34. The Morgan fingerprint density at radius 1 is 1.10 bits per heavy atom. The first-order chi connectivity index (χ1) is 13.9. The molecule has 0 radical (unpaired) electrons. The Balaban J connectivity index is 1.36. The summed E-state index contributed by atoms with van der Waals surface area (Å²) in [4.78, 5) is 32.6. The highest BCUT2D eigenvalue weighted by molar-refractivity contribution is 6.36. The molecule has 2 aliphatic rings. The van der Waals surface area contributed by atoms with Gasteiger partial charge in [0.05, 0.1) is 28.2 Å². The number of pyridine rings is 1. The van der Waals surface area contributed by atoms with Crippen molar-refractivity contribution in [3.05, 3.63) is 52.4 Å². The fourth-order valence-electron chi connectivity index (χ4n) is 3.81. The smallest absolute Gasteiger partial charge is 0.251 e. The van der Waals surface area contributed by atoms with Crippen molar-refractivity contribution < 1.29 is 14.0 Å². The van der Waals surface area contributed by atoms with Gasteiger partial charge in [-0.05, 0) is 43.2 Å². The van der Waals surface area contributed by atoms with Crippen LogP contribution < -0.4 is 15.1 Å². The monoisotopic (exact) mass is 436 g/mol. The summed E-state index contributed by atoms with van der Waals surface area (Å²) in [5.41, 5.74) is 0.393. The van der Waals surface area contributed by atoms with Crippen LogP contribution in [0.1, 0.15) is 19.3 Å². The minimum atomic E-state index is -0.568. The molecule has 0 saturated carbocycles. The molecule has 0 bridgehead atoms. The topological polar surface area (TPSA) is 65.5 Å². The number of hydrogen-bond donors (Lipinski definition) is 1. The third kappa shape index (κ3) is 4.22. The molecule has 1 aromatic carbocycles. The Morgan fingerprint density at radius 2 is 1.79 bits per heavy atom. The van der Waals surface area contributed by atoms with Crippen molar-refractivity contribution >= 4 is 46.5 Å². The molecule has 0 aliphatic carbocycles. The molecular formula is C20H19Cl2FN4O2. The normalized spacial score (nSPS) is 20.6. The number of anilines is 2. The van der Waals surface area contributed by atoms with E-state index in [9.17, 15) is 14.0 Å². The molecule has 1 atom stereocenters. The second-order valence-corrected chi connectivity index (χ2v) is 8.03. The molecule has 152 valence electrons. The molecule has 9 heteroatoms. The van der Waals surface area contributed by atoms with Gasteiger partial charge < -0.3 is 10.2 Å². The molecule has 1 aromatic heterocycles. The van der Waals surface area contributed by atoms with Crippen LogP contribution in [0, 0.1) is 5.82 Å². The summed E-state index contributed by atoms with van der Waals surface area (Å²) in [6.07, 6.45) is 3.24. The Labute approximate surface area is 177 Å². The molecule has 1 unspecified atom stereocenters. The summed E-state index contributed by atoms with van der Waals surface area (Å²) in [6, 6.07) is 6.56. The zero-order valence-corrected chi connectivity index (χ0v) is 17.0. The number of benzene rings is 1.